The van der Waals surface area contributed by atoms with Crippen molar-refractivity contribution in [3.8, 4) is 0 Å². The summed E-state index contributed by atoms with van der Waals surface area (Å²) in [5.74, 6) is 0.113. The fraction of sp³-hybridized carbons (Fsp3) is 0.545. The molecule has 8 heteroatoms. The van der Waals surface area contributed by atoms with Gasteiger partial charge >= 0.3 is 10.2 Å². The number of furan rings is 1. The molecule has 0 aliphatic carbocycles. The van der Waals surface area contributed by atoms with Crippen molar-refractivity contribution < 1.29 is 22.4 Å². The fourth-order valence-electron chi connectivity index (χ4n) is 1.74. The van der Waals surface area contributed by atoms with Gasteiger partial charge in [0.25, 0.3) is 0 Å². The minimum atomic E-state index is -3.75. The number of morpholine rings is 1. The van der Waals surface area contributed by atoms with Crippen molar-refractivity contribution in [1.29, 1.82) is 0 Å². The van der Waals surface area contributed by atoms with E-state index in [0.717, 1.165) is 0 Å². The van der Waals surface area contributed by atoms with Crippen LogP contribution in [0.5, 0.6) is 0 Å². The van der Waals surface area contributed by atoms with Crippen LogP contribution in [0, 0.1) is 0 Å². The molecule has 0 radical (unpaired) electrons. The second kappa shape index (κ2) is 6.18. The number of amides is 1. The molecule has 19 heavy (non-hydrogen) atoms. The number of rotatable bonds is 5. The highest BCUT2D eigenvalue weighted by Crippen LogP contribution is 2.06. The molecular formula is C11H16N2O5S. The van der Waals surface area contributed by atoms with Crippen LogP contribution in [0.1, 0.15) is 12.2 Å². The van der Waals surface area contributed by atoms with Gasteiger partial charge in [-0.05, 0) is 12.1 Å². The van der Waals surface area contributed by atoms with Crippen LogP contribution in [-0.2, 0) is 26.2 Å². The fourth-order valence-corrected chi connectivity index (χ4v) is 2.89. The normalized spacial score (nSPS) is 17.3. The highest BCUT2D eigenvalue weighted by Gasteiger charge is 2.25. The second-order valence-electron chi connectivity index (χ2n) is 4.12. The van der Waals surface area contributed by atoms with Gasteiger partial charge in [-0.1, -0.05) is 0 Å². The predicted octanol–water partition coefficient (Wildman–Crippen LogP) is -0.0946. The largest absolute Gasteiger partial charge is 0.469 e. The van der Waals surface area contributed by atoms with Crippen LogP contribution in [0.3, 0.4) is 0 Å². The number of carbonyl (C=O) groups is 1. The molecular weight excluding hydrogens is 272 g/mol. The van der Waals surface area contributed by atoms with Gasteiger partial charge < -0.3 is 9.15 Å². The number of nitrogens with zero attached hydrogens (tertiary/aromatic N) is 1. The quantitative estimate of drug-likeness (QED) is 0.817. The third-order valence-corrected chi connectivity index (χ3v) is 4.26. The maximum absolute atomic E-state index is 11.9. The van der Waals surface area contributed by atoms with Gasteiger partial charge in [-0.3, -0.25) is 4.79 Å². The van der Waals surface area contributed by atoms with Crippen LogP contribution in [0.25, 0.3) is 0 Å². The van der Waals surface area contributed by atoms with E-state index in [9.17, 15) is 13.2 Å². The molecule has 0 bridgehead atoms. The van der Waals surface area contributed by atoms with Gasteiger partial charge in [0.15, 0.2) is 0 Å². The molecule has 0 atom stereocenters. The van der Waals surface area contributed by atoms with E-state index >= 15 is 0 Å². The summed E-state index contributed by atoms with van der Waals surface area (Å²) in [5, 5.41) is 0. The Morgan fingerprint density at radius 1 is 1.37 bits per heavy atom. The number of carbonyl (C=O) groups excluding carboxylic acids is 1. The van der Waals surface area contributed by atoms with Crippen molar-refractivity contribution in [3.05, 3.63) is 24.2 Å². The molecule has 1 N–H and O–H groups in total. The van der Waals surface area contributed by atoms with Crippen LogP contribution in [0.4, 0.5) is 0 Å². The van der Waals surface area contributed by atoms with Gasteiger partial charge in [0.1, 0.15) is 5.76 Å². The topological polar surface area (TPSA) is 88.8 Å². The van der Waals surface area contributed by atoms with Crippen molar-refractivity contribution >= 4 is 16.1 Å². The van der Waals surface area contributed by atoms with Gasteiger partial charge in [0.05, 0.1) is 19.5 Å². The second-order valence-corrected chi connectivity index (χ2v) is 5.79. The minimum Gasteiger partial charge on any atom is -0.469 e. The van der Waals surface area contributed by atoms with E-state index < -0.39 is 16.1 Å². The first-order valence-electron chi connectivity index (χ1n) is 5.99. The summed E-state index contributed by atoms with van der Waals surface area (Å²) < 4.78 is 37.1. The first kappa shape index (κ1) is 14.0. The Morgan fingerprint density at radius 2 is 2.11 bits per heavy atom. The van der Waals surface area contributed by atoms with Gasteiger partial charge in [0, 0.05) is 25.9 Å². The molecule has 1 aliphatic heterocycles. The summed E-state index contributed by atoms with van der Waals surface area (Å²) in [4.78, 5) is 11.6. The summed E-state index contributed by atoms with van der Waals surface area (Å²) in [6.07, 6.45) is 1.95. The van der Waals surface area contributed by atoms with Crippen molar-refractivity contribution in [3.63, 3.8) is 0 Å². The minimum absolute atomic E-state index is 0.0666. The monoisotopic (exact) mass is 288 g/mol. The molecule has 0 aromatic carbocycles. The van der Waals surface area contributed by atoms with Gasteiger partial charge in [-0.15, -0.1) is 0 Å². The molecule has 1 fully saturated rings. The molecule has 1 aromatic heterocycles. The highest BCUT2D eigenvalue weighted by atomic mass is 32.2. The molecule has 2 rings (SSSR count). The molecule has 1 aromatic rings. The number of hydrogen-bond donors (Lipinski definition) is 1. The first-order chi connectivity index (χ1) is 9.08. The van der Waals surface area contributed by atoms with Crippen molar-refractivity contribution in [1.82, 2.24) is 9.03 Å². The summed E-state index contributed by atoms with van der Waals surface area (Å²) >= 11 is 0. The summed E-state index contributed by atoms with van der Waals surface area (Å²) in [5.41, 5.74) is 0. The molecule has 0 unspecified atom stereocenters. The van der Waals surface area contributed by atoms with Crippen LogP contribution in [0.15, 0.2) is 22.8 Å². The third kappa shape index (κ3) is 4.05. The predicted molar refractivity (Wildman–Crippen MR) is 66.5 cm³/mol. The van der Waals surface area contributed by atoms with Crippen LogP contribution >= 0.6 is 0 Å². The average Bonchev–Trinajstić information content (AvgIpc) is 2.90. The van der Waals surface area contributed by atoms with Crippen molar-refractivity contribution in [2.24, 2.45) is 0 Å². The summed E-state index contributed by atoms with van der Waals surface area (Å²) in [7, 11) is -3.75. The number of hydrogen-bond acceptors (Lipinski definition) is 5. The lowest BCUT2D eigenvalue weighted by atomic mass is 10.2. The molecule has 1 aliphatic rings. The Morgan fingerprint density at radius 3 is 2.74 bits per heavy atom. The molecule has 7 nitrogen and oxygen atoms in total. The zero-order valence-corrected chi connectivity index (χ0v) is 11.2. The van der Waals surface area contributed by atoms with Crippen LogP contribution in [-0.4, -0.2) is 44.9 Å². The first-order valence-corrected chi connectivity index (χ1v) is 7.43. The number of ether oxygens (including phenoxy) is 1. The lowest BCUT2D eigenvalue weighted by Gasteiger charge is -2.25. The molecule has 1 saturated heterocycles. The third-order valence-electron chi connectivity index (χ3n) is 2.73. The van der Waals surface area contributed by atoms with Crippen LogP contribution in [0.2, 0.25) is 0 Å². The number of aryl methyl sites for hydroxylation is 1. The van der Waals surface area contributed by atoms with Crippen molar-refractivity contribution in [2.75, 3.05) is 26.3 Å². The van der Waals surface area contributed by atoms with Crippen LogP contribution < -0.4 is 4.72 Å². The maximum atomic E-state index is 11.9. The van der Waals surface area contributed by atoms with E-state index in [0.29, 0.717) is 25.4 Å². The van der Waals surface area contributed by atoms with Gasteiger partial charge in [-0.25, -0.2) is 4.72 Å². The summed E-state index contributed by atoms with van der Waals surface area (Å²) in [6.45, 7) is 1.23. The Bertz CT molecular complexity index is 505. The molecule has 2 heterocycles. The maximum Gasteiger partial charge on any atom is 0.303 e. The molecule has 0 spiro atoms. The SMILES string of the molecule is O=C(CCc1ccco1)NS(=O)(=O)N1CCOCC1. The smallest absolute Gasteiger partial charge is 0.303 e. The summed E-state index contributed by atoms with van der Waals surface area (Å²) in [6, 6.07) is 3.46. The van der Waals surface area contributed by atoms with E-state index in [1.54, 1.807) is 12.1 Å². The zero-order chi connectivity index (χ0) is 13.7. The van der Waals surface area contributed by atoms with Gasteiger partial charge in [0.2, 0.25) is 5.91 Å². The molecule has 0 saturated carbocycles. The van der Waals surface area contributed by atoms with Gasteiger partial charge in [-0.2, -0.15) is 12.7 Å². The average molecular weight is 288 g/mol. The zero-order valence-electron chi connectivity index (χ0n) is 10.4. The Kier molecular flexibility index (Phi) is 4.56. The van der Waals surface area contributed by atoms with E-state index in [-0.39, 0.29) is 19.5 Å². The molecule has 1 amide bonds. The lowest BCUT2D eigenvalue weighted by Crippen LogP contribution is -2.48. The van der Waals surface area contributed by atoms with Crippen molar-refractivity contribution in [2.45, 2.75) is 12.8 Å². The van der Waals surface area contributed by atoms with E-state index in [4.69, 9.17) is 9.15 Å². The lowest BCUT2D eigenvalue weighted by molar-refractivity contribution is -0.119. The Labute approximate surface area is 111 Å². The van der Waals surface area contributed by atoms with E-state index in [1.807, 2.05) is 0 Å². The molecule has 106 valence electrons. The standard InChI is InChI=1S/C11H16N2O5S/c14-11(4-3-10-2-1-7-18-10)12-19(15,16)13-5-8-17-9-6-13/h1-2,7H,3-6,8-9H2,(H,12,14). The van der Waals surface area contributed by atoms with E-state index in [1.165, 1.54) is 10.6 Å². The van der Waals surface area contributed by atoms with E-state index in [2.05, 4.69) is 4.72 Å². The Balaban J connectivity index is 1.83. The number of nitrogens with one attached hydrogen (secondary N) is 1. The Hall–Kier alpha value is -1.38. The highest BCUT2D eigenvalue weighted by molar-refractivity contribution is 7.87.